The molecule has 1 atom stereocenters. The third-order valence-electron chi connectivity index (χ3n) is 2.93. The molecular weight excluding hydrogens is 230 g/mol. The molecule has 0 aliphatic rings. The molecule has 0 spiro atoms. The van der Waals surface area contributed by atoms with Gasteiger partial charge in [-0.2, -0.15) is 0 Å². The molecule has 1 aromatic rings. The molecule has 0 bridgehead atoms. The van der Waals surface area contributed by atoms with Crippen LogP contribution >= 0.6 is 0 Å². The lowest BCUT2D eigenvalue weighted by atomic mass is 10.2. The van der Waals surface area contributed by atoms with Crippen molar-refractivity contribution in [2.75, 3.05) is 23.8 Å². The van der Waals surface area contributed by atoms with Crippen LogP contribution in [-0.2, 0) is 0 Å². The predicted octanol–water partition coefficient (Wildman–Crippen LogP) is 2.45. The summed E-state index contributed by atoms with van der Waals surface area (Å²) in [5.41, 5.74) is 0.256. The number of rotatable bonds is 6. The minimum Gasteiger partial charge on any atom is -0.478 e. The number of aromatic carboxylic acids is 1. The lowest BCUT2D eigenvalue weighted by Crippen LogP contribution is -2.20. The number of hydrogen-bond donors (Lipinski definition) is 2. The number of pyridine rings is 1. The van der Waals surface area contributed by atoms with E-state index in [1.165, 1.54) is 0 Å². The van der Waals surface area contributed by atoms with Gasteiger partial charge in [-0.3, -0.25) is 0 Å². The van der Waals surface area contributed by atoms with Gasteiger partial charge in [0.25, 0.3) is 0 Å². The zero-order valence-electron chi connectivity index (χ0n) is 11.4. The van der Waals surface area contributed by atoms with Crippen LogP contribution < -0.4 is 10.2 Å². The van der Waals surface area contributed by atoms with Crippen molar-refractivity contribution >= 4 is 17.6 Å². The van der Waals surface area contributed by atoms with Crippen LogP contribution in [-0.4, -0.2) is 35.7 Å². The first-order valence-corrected chi connectivity index (χ1v) is 6.21. The molecule has 1 unspecified atom stereocenters. The van der Waals surface area contributed by atoms with Crippen LogP contribution in [0.15, 0.2) is 12.1 Å². The number of carbonyl (C=O) groups is 1. The van der Waals surface area contributed by atoms with Crippen molar-refractivity contribution in [3.63, 3.8) is 0 Å². The predicted molar refractivity (Wildman–Crippen MR) is 73.5 cm³/mol. The first-order chi connectivity index (χ1) is 8.47. The summed E-state index contributed by atoms with van der Waals surface area (Å²) in [5, 5.41) is 12.3. The molecule has 18 heavy (non-hydrogen) atoms. The van der Waals surface area contributed by atoms with Crippen LogP contribution in [0.25, 0.3) is 0 Å². The van der Waals surface area contributed by atoms with E-state index in [1.807, 2.05) is 25.8 Å². The molecule has 2 N–H and O–H groups in total. The molecule has 5 nitrogen and oxygen atoms in total. The van der Waals surface area contributed by atoms with Gasteiger partial charge < -0.3 is 15.3 Å². The summed E-state index contributed by atoms with van der Waals surface area (Å²) in [5.74, 6) is 0.345. The van der Waals surface area contributed by atoms with E-state index in [0.717, 1.165) is 13.0 Å². The standard InChI is InChI=1S/C13H21N3O2/c1-5-9(3)14-11-7-10(13(17)18)8-12(15-11)16(4)6-2/h7-9H,5-6H2,1-4H3,(H,14,15)(H,17,18). The minimum atomic E-state index is -0.935. The number of anilines is 2. The van der Waals surface area contributed by atoms with Gasteiger partial charge in [-0.05, 0) is 32.4 Å². The second-order valence-electron chi connectivity index (χ2n) is 4.37. The Labute approximate surface area is 108 Å². The molecule has 0 aliphatic carbocycles. The van der Waals surface area contributed by atoms with E-state index in [2.05, 4.69) is 17.2 Å². The fraction of sp³-hybridized carbons (Fsp3) is 0.538. The summed E-state index contributed by atoms with van der Waals surface area (Å²) in [4.78, 5) is 17.4. The van der Waals surface area contributed by atoms with Gasteiger partial charge in [0.05, 0.1) is 5.56 Å². The smallest absolute Gasteiger partial charge is 0.335 e. The Morgan fingerprint density at radius 2 is 2.17 bits per heavy atom. The maximum Gasteiger partial charge on any atom is 0.335 e. The highest BCUT2D eigenvalue weighted by atomic mass is 16.4. The van der Waals surface area contributed by atoms with E-state index in [0.29, 0.717) is 11.6 Å². The Kier molecular flexibility index (Phi) is 4.95. The first-order valence-electron chi connectivity index (χ1n) is 6.21. The van der Waals surface area contributed by atoms with Crippen molar-refractivity contribution in [1.82, 2.24) is 4.98 Å². The summed E-state index contributed by atoms with van der Waals surface area (Å²) >= 11 is 0. The summed E-state index contributed by atoms with van der Waals surface area (Å²) in [6, 6.07) is 3.43. The van der Waals surface area contributed by atoms with E-state index in [1.54, 1.807) is 12.1 Å². The zero-order valence-corrected chi connectivity index (χ0v) is 11.4. The lowest BCUT2D eigenvalue weighted by molar-refractivity contribution is 0.0697. The Morgan fingerprint density at radius 1 is 1.50 bits per heavy atom. The molecule has 1 rings (SSSR count). The van der Waals surface area contributed by atoms with Gasteiger partial charge in [0.1, 0.15) is 11.6 Å². The summed E-state index contributed by atoms with van der Waals surface area (Å²) in [6.45, 7) is 6.88. The SMILES string of the molecule is CCC(C)Nc1cc(C(=O)O)cc(N(C)CC)n1. The maximum absolute atomic E-state index is 11.1. The monoisotopic (exact) mass is 251 g/mol. The van der Waals surface area contributed by atoms with Crippen molar-refractivity contribution in [2.24, 2.45) is 0 Å². The van der Waals surface area contributed by atoms with Crippen molar-refractivity contribution in [2.45, 2.75) is 33.2 Å². The van der Waals surface area contributed by atoms with Crippen molar-refractivity contribution < 1.29 is 9.90 Å². The largest absolute Gasteiger partial charge is 0.478 e. The Morgan fingerprint density at radius 3 is 2.67 bits per heavy atom. The number of carboxylic acid groups (broad SMARTS) is 1. The Balaban J connectivity index is 3.09. The average Bonchev–Trinajstić information content (AvgIpc) is 2.37. The van der Waals surface area contributed by atoms with E-state index < -0.39 is 5.97 Å². The molecule has 0 saturated carbocycles. The summed E-state index contributed by atoms with van der Waals surface area (Å²) in [6.07, 6.45) is 0.956. The lowest BCUT2D eigenvalue weighted by Gasteiger charge is -2.19. The normalized spacial score (nSPS) is 12.0. The Hall–Kier alpha value is -1.78. The van der Waals surface area contributed by atoms with Gasteiger partial charge in [-0.1, -0.05) is 6.92 Å². The first kappa shape index (κ1) is 14.3. The molecule has 0 fully saturated rings. The van der Waals surface area contributed by atoms with Crippen molar-refractivity contribution in [3.05, 3.63) is 17.7 Å². The molecule has 0 aromatic carbocycles. The van der Waals surface area contributed by atoms with Gasteiger partial charge in [-0.15, -0.1) is 0 Å². The third kappa shape index (κ3) is 3.61. The fourth-order valence-corrected chi connectivity index (χ4v) is 1.43. The van der Waals surface area contributed by atoms with Crippen LogP contribution in [0.3, 0.4) is 0 Å². The molecular formula is C13H21N3O2. The van der Waals surface area contributed by atoms with Crippen molar-refractivity contribution in [3.8, 4) is 0 Å². The minimum absolute atomic E-state index is 0.256. The second-order valence-corrected chi connectivity index (χ2v) is 4.37. The van der Waals surface area contributed by atoms with Crippen molar-refractivity contribution in [1.29, 1.82) is 0 Å². The average molecular weight is 251 g/mol. The van der Waals surface area contributed by atoms with Gasteiger partial charge in [-0.25, -0.2) is 9.78 Å². The molecule has 0 amide bonds. The number of aromatic nitrogens is 1. The van der Waals surface area contributed by atoms with Gasteiger partial charge in [0.2, 0.25) is 0 Å². The molecule has 1 heterocycles. The molecule has 0 radical (unpaired) electrons. The van der Waals surface area contributed by atoms with E-state index >= 15 is 0 Å². The summed E-state index contributed by atoms with van der Waals surface area (Å²) < 4.78 is 0. The Bertz CT molecular complexity index is 421. The highest BCUT2D eigenvalue weighted by molar-refractivity contribution is 5.89. The topological polar surface area (TPSA) is 65.5 Å². The molecule has 0 saturated heterocycles. The summed E-state index contributed by atoms with van der Waals surface area (Å²) in [7, 11) is 1.89. The highest BCUT2D eigenvalue weighted by Gasteiger charge is 2.11. The van der Waals surface area contributed by atoms with Crippen LogP contribution in [0, 0.1) is 0 Å². The molecule has 100 valence electrons. The van der Waals surface area contributed by atoms with Crippen LogP contribution in [0.2, 0.25) is 0 Å². The van der Waals surface area contributed by atoms with Crippen LogP contribution in [0.4, 0.5) is 11.6 Å². The van der Waals surface area contributed by atoms with Gasteiger partial charge in [0, 0.05) is 19.6 Å². The molecule has 0 aliphatic heterocycles. The number of nitrogens with zero attached hydrogens (tertiary/aromatic N) is 2. The molecule has 1 aromatic heterocycles. The van der Waals surface area contributed by atoms with Crippen LogP contribution in [0.5, 0.6) is 0 Å². The van der Waals surface area contributed by atoms with Gasteiger partial charge in [0.15, 0.2) is 0 Å². The van der Waals surface area contributed by atoms with Gasteiger partial charge >= 0.3 is 5.97 Å². The maximum atomic E-state index is 11.1. The highest BCUT2D eigenvalue weighted by Crippen LogP contribution is 2.18. The number of nitrogens with one attached hydrogen (secondary N) is 1. The van der Waals surface area contributed by atoms with E-state index in [-0.39, 0.29) is 11.6 Å². The second kappa shape index (κ2) is 6.23. The number of hydrogen-bond acceptors (Lipinski definition) is 4. The fourth-order valence-electron chi connectivity index (χ4n) is 1.43. The third-order valence-corrected chi connectivity index (χ3v) is 2.93. The zero-order chi connectivity index (χ0) is 13.7. The van der Waals surface area contributed by atoms with E-state index in [9.17, 15) is 4.79 Å². The van der Waals surface area contributed by atoms with Crippen LogP contribution in [0.1, 0.15) is 37.6 Å². The molecule has 5 heteroatoms. The number of carboxylic acids is 1. The quantitative estimate of drug-likeness (QED) is 0.813. The van der Waals surface area contributed by atoms with E-state index in [4.69, 9.17) is 5.11 Å².